The minimum Gasteiger partial charge on any atom is -0.342 e. The van der Waals surface area contributed by atoms with Crippen LogP contribution in [0.5, 0.6) is 0 Å². The normalized spacial score (nSPS) is 25.6. The highest BCUT2D eigenvalue weighted by atomic mass is 19.1. The average molecular weight is 318 g/mol. The number of carbonyl (C=O) groups is 2. The van der Waals surface area contributed by atoms with E-state index in [1.807, 2.05) is 4.90 Å². The maximum atomic E-state index is 13.2. The zero-order valence-electron chi connectivity index (χ0n) is 13.5. The van der Waals surface area contributed by atoms with Crippen molar-refractivity contribution in [3.8, 4) is 0 Å². The van der Waals surface area contributed by atoms with Crippen molar-refractivity contribution in [2.24, 2.45) is 5.92 Å². The van der Waals surface area contributed by atoms with E-state index in [-0.39, 0.29) is 36.0 Å². The van der Waals surface area contributed by atoms with Crippen LogP contribution in [0.3, 0.4) is 0 Å². The van der Waals surface area contributed by atoms with Gasteiger partial charge < -0.3 is 9.80 Å². The van der Waals surface area contributed by atoms with Crippen molar-refractivity contribution in [3.05, 3.63) is 35.6 Å². The maximum Gasteiger partial charge on any atom is 0.228 e. The Labute approximate surface area is 136 Å². The van der Waals surface area contributed by atoms with Gasteiger partial charge in [-0.05, 0) is 30.5 Å². The van der Waals surface area contributed by atoms with Gasteiger partial charge in [0.25, 0.3) is 0 Å². The summed E-state index contributed by atoms with van der Waals surface area (Å²) in [7, 11) is 1.73. The summed E-state index contributed by atoms with van der Waals surface area (Å²) in [6, 6.07) is 5.84. The van der Waals surface area contributed by atoms with Crippen molar-refractivity contribution in [1.82, 2.24) is 9.80 Å². The predicted octanol–water partition coefficient (Wildman–Crippen LogP) is 2.75. The van der Waals surface area contributed by atoms with Crippen LogP contribution >= 0.6 is 0 Å². The van der Waals surface area contributed by atoms with Crippen molar-refractivity contribution in [3.63, 3.8) is 0 Å². The Morgan fingerprint density at radius 1 is 1.09 bits per heavy atom. The fourth-order valence-electron chi connectivity index (χ4n) is 3.73. The van der Waals surface area contributed by atoms with Crippen LogP contribution in [-0.4, -0.2) is 41.8 Å². The number of rotatable bonds is 2. The molecule has 2 saturated heterocycles. The fourth-order valence-corrected chi connectivity index (χ4v) is 3.73. The molecule has 1 aromatic carbocycles. The van der Waals surface area contributed by atoms with E-state index in [2.05, 4.69) is 0 Å². The number of benzene rings is 1. The molecule has 0 N–H and O–H groups in total. The fraction of sp³-hybridized carbons (Fsp3) is 0.556. The summed E-state index contributed by atoms with van der Waals surface area (Å²) < 4.78 is 13.2. The number of carbonyl (C=O) groups excluding carboxylic acids is 2. The first-order valence-electron chi connectivity index (χ1n) is 8.38. The molecule has 4 nitrogen and oxygen atoms in total. The highest BCUT2D eigenvalue weighted by Gasteiger charge is 2.44. The molecule has 23 heavy (non-hydrogen) atoms. The van der Waals surface area contributed by atoms with Gasteiger partial charge in [-0.15, -0.1) is 0 Å². The Hall–Kier alpha value is -1.91. The molecule has 1 aromatic rings. The second-order valence-corrected chi connectivity index (χ2v) is 6.55. The second kappa shape index (κ2) is 6.69. The third-order valence-electron chi connectivity index (χ3n) is 5.03. The van der Waals surface area contributed by atoms with Gasteiger partial charge in [0.05, 0.1) is 12.0 Å². The lowest BCUT2D eigenvalue weighted by Crippen LogP contribution is -2.39. The molecule has 0 radical (unpaired) electrons. The van der Waals surface area contributed by atoms with Crippen LogP contribution < -0.4 is 0 Å². The molecule has 0 bridgehead atoms. The first-order chi connectivity index (χ1) is 11.1. The van der Waals surface area contributed by atoms with Crippen molar-refractivity contribution < 1.29 is 14.0 Å². The molecule has 2 amide bonds. The summed E-state index contributed by atoms with van der Waals surface area (Å²) in [5.74, 6) is -0.626. The van der Waals surface area contributed by atoms with Gasteiger partial charge in [0.1, 0.15) is 5.82 Å². The Morgan fingerprint density at radius 3 is 2.30 bits per heavy atom. The quantitative estimate of drug-likeness (QED) is 0.841. The van der Waals surface area contributed by atoms with Crippen LogP contribution in [0.15, 0.2) is 24.3 Å². The summed E-state index contributed by atoms with van der Waals surface area (Å²) in [5.41, 5.74) is 0.827. The smallest absolute Gasteiger partial charge is 0.228 e. The molecule has 2 fully saturated rings. The third-order valence-corrected chi connectivity index (χ3v) is 5.03. The number of likely N-dealkylation sites (tertiary alicyclic amines) is 2. The molecule has 2 aliphatic heterocycles. The summed E-state index contributed by atoms with van der Waals surface area (Å²) >= 11 is 0. The second-order valence-electron chi connectivity index (χ2n) is 6.55. The summed E-state index contributed by atoms with van der Waals surface area (Å²) in [6.07, 6.45) is 4.63. The minimum atomic E-state index is -0.365. The number of hydrogen-bond acceptors (Lipinski definition) is 2. The van der Waals surface area contributed by atoms with Gasteiger partial charge in [-0.2, -0.15) is 0 Å². The van der Waals surface area contributed by atoms with Crippen LogP contribution in [0.2, 0.25) is 0 Å². The highest BCUT2D eigenvalue weighted by Crippen LogP contribution is 2.38. The van der Waals surface area contributed by atoms with E-state index in [1.165, 1.54) is 12.1 Å². The molecule has 2 heterocycles. The maximum absolute atomic E-state index is 13.2. The van der Waals surface area contributed by atoms with E-state index in [4.69, 9.17) is 0 Å². The Morgan fingerprint density at radius 2 is 1.70 bits per heavy atom. The van der Waals surface area contributed by atoms with E-state index in [0.717, 1.165) is 44.3 Å². The summed E-state index contributed by atoms with van der Waals surface area (Å²) in [5, 5.41) is 0. The molecule has 2 aliphatic rings. The Kier molecular flexibility index (Phi) is 4.64. The molecule has 3 rings (SSSR count). The zero-order chi connectivity index (χ0) is 16.4. The predicted molar refractivity (Wildman–Crippen MR) is 85.1 cm³/mol. The molecule has 0 spiro atoms. The van der Waals surface area contributed by atoms with Crippen LogP contribution in [-0.2, 0) is 9.59 Å². The zero-order valence-corrected chi connectivity index (χ0v) is 13.5. The number of halogens is 1. The van der Waals surface area contributed by atoms with Crippen molar-refractivity contribution in [2.45, 2.75) is 38.1 Å². The van der Waals surface area contributed by atoms with Gasteiger partial charge in [0, 0.05) is 26.6 Å². The van der Waals surface area contributed by atoms with Crippen LogP contribution in [0.25, 0.3) is 0 Å². The van der Waals surface area contributed by atoms with Gasteiger partial charge in [0.2, 0.25) is 11.8 Å². The van der Waals surface area contributed by atoms with E-state index in [0.29, 0.717) is 0 Å². The molecule has 0 unspecified atom stereocenters. The summed E-state index contributed by atoms with van der Waals surface area (Å²) in [6.45, 7) is 1.56. The number of amides is 2. The standard InChI is InChI=1S/C18H23FN2O2/c1-20-16(22)12-15(17(20)13-6-8-14(19)9-7-13)18(23)21-10-4-2-3-5-11-21/h6-9,15,17H,2-5,10-12H2,1H3/t15-,17-/m0/s1. The van der Waals surface area contributed by atoms with Gasteiger partial charge >= 0.3 is 0 Å². The van der Waals surface area contributed by atoms with E-state index in [1.54, 1.807) is 24.1 Å². The Balaban J connectivity index is 1.84. The Bertz CT molecular complexity index is 579. The summed E-state index contributed by atoms with van der Waals surface area (Å²) in [4.78, 5) is 28.7. The number of nitrogens with zero attached hydrogens (tertiary/aromatic N) is 2. The third kappa shape index (κ3) is 3.23. The van der Waals surface area contributed by atoms with Gasteiger partial charge in [-0.25, -0.2) is 4.39 Å². The van der Waals surface area contributed by atoms with Crippen molar-refractivity contribution in [1.29, 1.82) is 0 Å². The van der Waals surface area contributed by atoms with Gasteiger partial charge in [-0.3, -0.25) is 9.59 Å². The highest BCUT2D eigenvalue weighted by molar-refractivity contribution is 5.90. The number of hydrogen-bond donors (Lipinski definition) is 0. The molecule has 5 heteroatoms. The SMILES string of the molecule is CN1C(=O)C[C@H](C(=O)N2CCCCCC2)[C@@H]1c1ccc(F)cc1. The first-order valence-corrected chi connectivity index (χ1v) is 8.38. The van der Waals surface area contributed by atoms with Crippen molar-refractivity contribution in [2.75, 3.05) is 20.1 Å². The van der Waals surface area contributed by atoms with E-state index in [9.17, 15) is 14.0 Å². The topological polar surface area (TPSA) is 40.6 Å². The molecular formula is C18H23FN2O2. The largest absolute Gasteiger partial charge is 0.342 e. The van der Waals surface area contributed by atoms with E-state index < -0.39 is 0 Å². The first kappa shape index (κ1) is 16.0. The van der Waals surface area contributed by atoms with Crippen LogP contribution in [0.4, 0.5) is 4.39 Å². The van der Waals surface area contributed by atoms with Gasteiger partial charge in [-0.1, -0.05) is 25.0 Å². The van der Waals surface area contributed by atoms with E-state index >= 15 is 0 Å². The molecule has 0 aliphatic carbocycles. The molecule has 0 saturated carbocycles. The van der Waals surface area contributed by atoms with Crippen molar-refractivity contribution >= 4 is 11.8 Å². The van der Waals surface area contributed by atoms with Crippen LogP contribution in [0.1, 0.15) is 43.7 Å². The molecular weight excluding hydrogens is 295 g/mol. The van der Waals surface area contributed by atoms with Gasteiger partial charge in [0.15, 0.2) is 0 Å². The lowest BCUT2D eigenvalue weighted by Gasteiger charge is -2.29. The minimum absolute atomic E-state index is 0.0208. The lowest BCUT2D eigenvalue weighted by atomic mass is 9.92. The molecule has 0 aromatic heterocycles. The average Bonchev–Trinajstić information content (AvgIpc) is 2.75. The van der Waals surface area contributed by atoms with Crippen LogP contribution in [0, 0.1) is 11.7 Å². The monoisotopic (exact) mass is 318 g/mol. The lowest BCUT2D eigenvalue weighted by molar-refractivity contribution is -0.136. The molecule has 124 valence electrons. The molecule has 2 atom stereocenters.